The van der Waals surface area contributed by atoms with E-state index in [0.29, 0.717) is 22.2 Å². The van der Waals surface area contributed by atoms with E-state index in [1.165, 1.54) is 42.5 Å². The van der Waals surface area contributed by atoms with Gasteiger partial charge in [0.25, 0.3) is 17.1 Å². The third-order valence-electron chi connectivity index (χ3n) is 4.83. The summed E-state index contributed by atoms with van der Waals surface area (Å²) in [6.07, 6.45) is 1.34. The maximum absolute atomic E-state index is 13.8. The van der Waals surface area contributed by atoms with Gasteiger partial charge in [0.1, 0.15) is 11.6 Å². The van der Waals surface area contributed by atoms with Crippen LogP contribution in [0.15, 0.2) is 53.4 Å². The van der Waals surface area contributed by atoms with Gasteiger partial charge < -0.3 is 5.32 Å². The molecule has 4 rings (SSSR count). The van der Waals surface area contributed by atoms with Crippen molar-refractivity contribution in [2.24, 2.45) is 0 Å². The molecule has 0 radical (unpaired) electrons. The van der Waals surface area contributed by atoms with E-state index >= 15 is 0 Å². The molecule has 1 aliphatic heterocycles. The second-order valence-electron chi connectivity index (χ2n) is 7.08. The van der Waals surface area contributed by atoms with Crippen molar-refractivity contribution in [2.45, 2.75) is 6.92 Å². The molecule has 0 atom stereocenters. The Morgan fingerprint density at radius 3 is 2.72 bits per heavy atom. The Balaban J connectivity index is 1.44. The van der Waals surface area contributed by atoms with Crippen molar-refractivity contribution >= 4 is 45.8 Å². The number of carbonyl (C=O) groups is 3. The van der Waals surface area contributed by atoms with E-state index in [4.69, 9.17) is 0 Å². The van der Waals surface area contributed by atoms with Gasteiger partial charge in [0.15, 0.2) is 0 Å². The van der Waals surface area contributed by atoms with Gasteiger partial charge in [-0.15, -0.1) is 0 Å². The van der Waals surface area contributed by atoms with Crippen molar-refractivity contribution in [3.05, 3.63) is 81.9 Å². The van der Waals surface area contributed by atoms with Crippen LogP contribution in [0.5, 0.6) is 0 Å². The van der Waals surface area contributed by atoms with E-state index in [1.807, 2.05) is 0 Å². The summed E-state index contributed by atoms with van der Waals surface area (Å²) in [4.78, 5) is 42.9. The molecule has 3 aromatic rings. The fourth-order valence-electron chi connectivity index (χ4n) is 3.32. The van der Waals surface area contributed by atoms with Crippen LogP contribution < -0.4 is 5.32 Å². The van der Waals surface area contributed by atoms with Gasteiger partial charge in [-0.2, -0.15) is 0 Å². The zero-order chi connectivity index (χ0) is 22.8. The Bertz CT molecular complexity index is 1290. The van der Waals surface area contributed by atoms with Gasteiger partial charge in [-0.25, -0.2) is 8.78 Å². The van der Waals surface area contributed by atoms with Gasteiger partial charge in [-0.3, -0.25) is 24.3 Å². The molecule has 1 N–H and O–H groups in total. The van der Waals surface area contributed by atoms with Crippen LogP contribution in [0.3, 0.4) is 0 Å². The summed E-state index contributed by atoms with van der Waals surface area (Å²) in [5.41, 5.74) is 1.45. The summed E-state index contributed by atoms with van der Waals surface area (Å²) in [5, 5.41) is 2.68. The first-order valence-electron chi connectivity index (χ1n) is 9.68. The fraction of sp³-hybridized carbons (Fsp3) is 0.130. The van der Waals surface area contributed by atoms with Gasteiger partial charge in [0.05, 0.1) is 16.0 Å². The molecule has 0 aliphatic carbocycles. The molecule has 162 valence electrons. The van der Waals surface area contributed by atoms with E-state index in [0.717, 1.165) is 16.7 Å². The predicted molar refractivity (Wildman–Crippen MR) is 118 cm³/mol. The van der Waals surface area contributed by atoms with Crippen molar-refractivity contribution in [1.29, 1.82) is 0 Å². The lowest BCUT2D eigenvalue weighted by Gasteiger charge is -2.14. The van der Waals surface area contributed by atoms with Gasteiger partial charge in [-0.05, 0) is 49.0 Å². The minimum absolute atomic E-state index is 0.0217. The van der Waals surface area contributed by atoms with Crippen LogP contribution in [-0.2, 0) is 4.79 Å². The molecule has 0 saturated carbocycles. The first-order valence-corrected chi connectivity index (χ1v) is 10.5. The molecule has 1 aliphatic rings. The summed E-state index contributed by atoms with van der Waals surface area (Å²) in [6, 6.07) is 11.5. The lowest BCUT2D eigenvalue weighted by atomic mass is 10.1. The number of nitrogens with zero attached hydrogens (tertiary/aromatic N) is 2. The Hall–Kier alpha value is -3.59. The number of amides is 3. The monoisotopic (exact) mass is 453 g/mol. The van der Waals surface area contributed by atoms with Gasteiger partial charge in [-0.1, -0.05) is 18.2 Å². The minimum atomic E-state index is -0.543. The molecule has 3 amide bonds. The number of benzene rings is 2. The van der Waals surface area contributed by atoms with Crippen LogP contribution in [0.2, 0.25) is 0 Å². The number of carbonyl (C=O) groups excluding carboxylic acids is 3. The molecule has 2 aromatic carbocycles. The molecule has 1 aromatic heterocycles. The summed E-state index contributed by atoms with van der Waals surface area (Å²) in [5.74, 6) is -1.92. The molecule has 0 spiro atoms. The van der Waals surface area contributed by atoms with Gasteiger partial charge in [0.2, 0.25) is 0 Å². The van der Waals surface area contributed by atoms with Crippen molar-refractivity contribution in [3.63, 3.8) is 0 Å². The van der Waals surface area contributed by atoms with Crippen LogP contribution in [-0.4, -0.2) is 40.0 Å². The first-order chi connectivity index (χ1) is 15.3. The highest BCUT2D eigenvalue weighted by atomic mass is 32.2. The van der Waals surface area contributed by atoms with Crippen LogP contribution in [0, 0.1) is 18.6 Å². The SMILES string of the molecule is Cc1cc(C(=O)NCCN2C(=O)S/C(=C\c3ccccc3F)C2=O)c2ccc(F)cc2n1. The molecule has 1 fully saturated rings. The molecule has 32 heavy (non-hydrogen) atoms. The van der Waals surface area contributed by atoms with Crippen LogP contribution in [0.25, 0.3) is 17.0 Å². The standard InChI is InChI=1S/C23H17F2N3O3S/c1-13-10-17(16-7-6-15(24)12-19(16)27-13)21(29)26-8-9-28-22(30)20(32-23(28)31)11-14-4-2-3-5-18(14)25/h2-7,10-12H,8-9H2,1H3,(H,26,29)/b20-11-. The number of pyridine rings is 1. The number of hydrogen-bond acceptors (Lipinski definition) is 5. The molecule has 9 heteroatoms. The molecule has 0 bridgehead atoms. The molecule has 1 saturated heterocycles. The van der Waals surface area contributed by atoms with Crippen molar-refractivity contribution < 1.29 is 23.2 Å². The van der Waals surface area contributed by atoms with E-state index in [-0.39, 0.29) is 23.6 Å². The van der Waals surface area contributed by atoms with Crippen LogP contribution in [0.1, 0.15) is 21.6 Å². The average molecular weight is 453 g/mol. The van der Waals surface area contributed by atoms with Crippen molar-refractivity contribution in [1.82, 2.24) is 15.2 Å². The highest BCUT2D eigenvalue weighted by Crippen LogP contribution is 2.32. The van der Waals surface area contributed by atoms with E-state index in [1.54, 1.807) is 19.1 Å². The maximum Gasteiger partial charge on any atom is 0.293 e. The smallest absolute Gasteiger partial charge is 0.293 e. The first kappa shape index (κ1) is 21.6. The summed E-state index contributed by atoms with van der Waals surface area (Å²) >= 11 is 0.721. The lowest BCUT2D eigenvalue weighted by molar-refractivity contribution is -0.122. The number of fused-ring (bicyclic) bond motifs is 1. The van der Waals surface area contributed by atoms with Gasteiger partial charge in [0, 0.05) is 35.8 Å². The summed E-state index contributed by atoms with van der Waals surface area (Å²) in [6.45, 7) is 1.68. The highest BCUT2D eigenvalue weighted by Gasteiger charge is 2.34. The quantitative estimate of drug-likeness (QED) is 0.583. The lowest BCUT2D eigenvalue weighted by Crippen LogP contribution is -2.37. The molecule has 0 unspecified atom stereocenters. The number of aryl methyl sites for hydroxylation is 1. The minimum Gasteiger partial charge on any atom is -0.350 e. The fourth-order valence-corrected chi connectivity index (χ4v) is 4.18. The topological polar surface area (TPSA) is 79.4 Å². The Kier molecular flexibility index (Phi) is 6.00. The second kappa shape index (κ2) is 8.88. The normalized spacial score (nSPS) is 15.1. The number of aromatic nitrogens is 1. The van der Waals surface area contributed by atoms with E-state index in [9.17, 15) is 23.2 Å². The molecular weight excluding hydrogens is 436 g/mol. The third kappa shape index (κ3) is 4.38. The Morgan fingerprint density at radius 1 is 1.16 bits per heavy atom. The number of halogens is 2. The zero-order valence-electron chi connectivity index (χ0n) is 16.9. The Morgan fingerprint density at radius 2 is 1.94 bits per heavy atom. The predicted octanol–water partition coefficient (Wildman–Crippen LogP) is 4.29. The number of imide groups is 1. The molecular formula is C23H17F2N3O3S. The zero-order valence-corrected chi connectivity index (χ0v) is 17.7. The second-order valence-corrected chi connectivity index (χ2v) is 8.08. The largest absolute Gasteiger partial charge is 0.350 e. The van der Waals surface area contributed by atoms with Gasteiger partial charge >= 0.3 is 0 Å². The maximum atomic E-state index is 13.8. The third-order valence-corrected chi connectivity index (χ3v) is 5.74. The highest BCUT2D eigenvalue weighted by molar-refractivity contribution is 8.18. The average Bonchev–Trinajstić information content (AvgIpc) is 3.01. The van der Waals surface area contributed by atoms with Crippen molar-refractivity contribution in [2.75, 3.05) is 13.1 Å². The van der Waals surface area contributed by atoms with Crippen LogP contribution in [0.4, 0.5) is 13.6 Å². The van der Waals surface area contributed by atoms with Crippen LogP contribution >= 0.6 is 11.8 Å². The molecule has 6 nitrogen and oxygen atoms in total. The number of thioether (sulfide) groups is 1. The summed E-state index contributed by atoms with van der Waals surface area (Å²) in [7, 11) is 0. The number of rotatable bonds is 5. The molecule has 2 heterocycles. The van der Waals surface area contributed by atoms with Crippen molar-refractivity contribution in [3.8, 4) is 0 Å². The number of nitrogens with one attached hydrogen (secondary N) is 1. The number of hydrogen-bond donors (Lipinski definition) is 1. The Labute approximate surface area is 186 Å². The summed E-state index contributed by atoms with van der Waals surface area (Å²) < 4.78 is 27.3. The van der Waals surface area contributed by atoms with E-state index < -0.39 is 28.7 Å². The van der Waals surface area contributed by atoms with E-state index in [2.05, 4.69) is 10.3 Å².